The van der Waals surface area contributed by atoms with Crippen LogP contribution in [0.4, 0.5) is 0 Å². The van der Waals surface area contributed by atoms with Gasteiger partial charge in [-0.05, 0) is 56.3 Å². The fourth-order valence-electron chi connectivity index (χ4n) is 4.74. The Morgan fingerprint density at radius 3 is 2.86 bits per heavy atom. The van der Waals surface area contributed by atoms with Crippen LogP contribution in [0.15, 0.2) is 60.9 Å². The van der Waals surface area contributed by atoms with Crippen molar-refractivity contribution in [3.63, 3.8) is 0 Å². The van der Waals surface area contributed by atoms with Crippen LogP contribution in [-0.4, -0.2) is 75.8 Å². The molecule has 1 fully saturated rings. The molecule has 1 amide bonds. The van der Waals surface area contributed by atoms with E-state index in [-0.39, 0.29) is 12.5 Å². The molecular weight excluding hydrogens is 468 g/mol. The molecule has 0 bridgehead atoms. The number of likely N-dealkylation sites (N-methyl/N-ethyl adjacent to an activating group) is 1. The third kappa shape index (κ3) is 6.12. The lowest BCUT2D eigenvalue weighted by Crippen LogP contribution is -2.44. The van der Waals surface area contributed by atoms with Crippen molar-refractivity contribution >= 4 is 16.8 Å². The number of hydrogen-bond acceptors (Lipinski definition) is 7. The number of aromatic nitrogens is 4. The number of pyridine rings is 2. The average molecular weight is 501 g/mol. The Morgan fingerprint density at radius 1 is 1.16 bits per heavy atom. The number of rotatable bonds is 8. The standard InChI is InChI=1S/C28H32N6O3/c1-33(23-5-3-4-14-34(18-23)28(35)19-36-2)17-22-8-6-20-15-24(9-10-25(20)31-22)37-27-11-7-21(16-29-27)26-12-13-30-32-26/h6-13,15-16,23H,3-5,14,17-19H2,1-2H3,(H,30,32). The number of likely N-dealkylation sites (tertiary alicyclic amines) is 1. The van der Waals surface area contributed by atoms with Gasteiger partial charge in [0, 0.05) is 62.2 Å². The van der Waals surface area contributed by atoms with Crippen LogP contribution < -0.4 is 4.74 Å². The Kier molecular flexibility index (Phi) is 7.72. The second kappa shape index (κ2) is 11.5. The summed E-state index contributed by atoms with van der Waals surface area (Å²) in [7, 11) is 3.68. The summed E-state index contributed by atoms with van der Waals surface area (Å²) in [5.41, 5.74) is 3.77. The summed E-state index contributed by atoms with van der Waals surface area (Å²) in [4.78, 5) is 25.9. The van der Waals surface area contributed by atoms with Gasteiger partial charge in [0.25, 0.3) is 0 Å². The maximum atomic E-state index is 12.4. The number of amides is 1. The number of nitrogens with zero attached hydrogens (tertiary/aromatic N) is 5. The molecule has 0 spiro atoms. The van der Waals surface area contributed by atoms with Crippen LogP contribution in [0.5, 0.6) is 11.6 Å². The van der Waals surface area contributed by atoms with Gasteiger partial charge in [0.2, 0.25) is 11.8 Å². The Bertz CT molecular complexity index is 1330. The van der Waals surface area contributed by atoms with Crippen molar-refractivity contribution in [2.24, 2.45) is 0 Å². The maximum Gasteiger partial charge on any atom is 0.248 e. The van der Waals surface area contributed by atoms with Crippen molar-refractivity contribution < 1.29 is 14.3 Å². The summed E-state index contributed by atoms with van der Waals surface area (Å²) in [6.07, 6.45) is 6.68. The smallest absolute Gasteiger partial charge is 0.248 e. The lowest BCUT2D eigenvalue weighted by Gasteiger charge is -2.31. The largest absolute Gasteiger partial charge is 0.439 e. The highest BCUT2D eigenvalue weighted by molar-refractivity contribution is 5.80. The van der Waals surface area contributed by atoms with Gasteiger partial charge in [-0.2, -0.15) is 5.10 Å². The molecule has 192 valence electrons. The number of fused-ring (bicyclic) bond motifs is 1. The van der Waals surface area contributed by atoms with E-state index in [1.54, 1.807) is 19.5 Å². The molecule has 9 nitrogen and oxygen atoms in total. The maximum absolute atomic E-state index is 12.4. The van der Waals surface area contributed by atoms with E-state index < -0.39 is 0 Å². The molecule has 1 saturated heterocycles. The molecule has 9 heteroatoms. The van der Waals surface area contributed by atoms with E-state index in [9.17, 15) is 4.79 Å². The molecule has 5 rings (SSSR count). The van der Waals surface area contributed by atoms with Crippen molar-refractivity contribution in [1.82, 2.24) is 30.0 Å². The third-order valence-electron chi connectivity index (χ3n) is 6.79. The van der Waals surface area contributed by atoms with Crippen molar-refractivity contribution in [1.29, 1.82) is 0 Å². The van der Waals surface area contributed by atoms with E-state index in [2.05, 4.69) is 39.3 Å². The molecule has 4 aromatic rings. The highest BCUT2D eigenvalue weighted by atomic mass is 16.5. The van der Waals surface area contributed by atoms with Crippen LogP contribution in [0.1, 0.15) is 25.0 Å². The summed E-state index contributed by atoms with van der Waals surface area (Å²) in [5.74, 6) is 1.30. The number of carbonyl (C=O) groups excluding carboxylic acids is 1. The predicted octanol–water partition coefficient (Wildman–Crippen LogP) is 4.27. The Balaban J connectivity index is 1.23. The van der Waals surface area contributed by atoms with E-state index in [0.717, 1.165) is 66.8 Å². The van der Waals surface area contributed by atoms with E-state index >= 15 is 0 Å². The normalized spacial score (nSPS) is 16.2. The SMILES string of the molecule is COCC(=O)N1CCCCC(N(C)Cc2ccc3cc(Oc4ccc(-c5ccn[nH]5)cn4)ccc3n2)C1. The molecule has 37 heavy (non-hydrogen) atoms. The fraction of sp³-hybridized carbons (Fsp3) is 0.357. The van der Waals surface area contributed by atoms with Crippen LogP contribution in [0.2, 0.25) is 0 Å². The molecule has 0 aliphatic carbocycles. The topological polar surface area (TPSA) is 96.5 Å². The highest BCUT2D eigenvalue weighted by Gasteiger charge is 2.24. The van der Waals surface area contributed by atoms with E-state index in [1.807, 2.05) is 41.3 Å². The summed E-state index contributed by atoms with van der Waals surface area (Å²) < 4.78 is 11.0. The first-order chi connectivity index (χ1) is 18.1. The first-order valence-corrected chi connectivity index (χ1v) is 12.6. The summed E-state index contributed by atoms with van der Waals surface area (Å²) in [5, 5.41) is 7.91. The number of carbonyl (C=O) groups is 1. The molecule has 1 unspecified atom stereocenters. The van der Waals surface area contributed by atoms with Crippen molar-refractivity contribution in [2.75, 3.05) is 33.9 Å². The molecule has 3 aromatic heterocycles. The van der Waals surface area contributed by atoms with Crippen LogP contribution >= 0.6 is 0 Å². The van der Waals surface area contributed by atoms with Crippen molar-refractivity contribution in [3.8, 4) is 22.9 Å². The van der Waals surface area contributed by atoms with Gasteiger partial charge >= 0.3 is 0 Å². The first-order valence-electron chi connectivity index (χ1n) is 12.6. The number of aromatic amines is 1. The van der Waals surface area contributed by atoms with Crippen molar-refractivity contribution in [3.05, 3.63) is 66.6 Å². The van der Waals surface area contributed by atoms with Crippen LogP contribution in [0.3, 0.4) is 0 Å². The monoisotopic (exact) mass is 500 g/mol. The van der Waals surface area contributed by atoms with Gasteiger partial charge in [-0.1, -0.05) is 12.5 Å². The van der Waals surface area contributed by atoms with Gasteiger partial charge in [0.05, 0.1) is 16.9 Å². The second-order valence-electron chi connectivity index (χ2n) is 9.45. The van der Waals surface area contributed by atoms with Gasteiger partial charge < -0.3 is 14.4 Å². The Labute approximate surface area is 216 Å². The van der Waals surface area contributed by atoms with Crippen LogP contribution in [0, 0.1) is 0 Å². The zero-order valence-corrected chi connectivity index (χ0v) is 21.3. The Morgan fingerprint density at radius 2 is 2.08 bits per heavy atom. The number of H-pyrrole nitrogens is 1. The molecule has 1 N–H and O–H groups in total. The molecule has 1 aliphatic rings. The second-order valence-corrected chi connectivity index (χ2v) is 9.45. The highest BCUT2D eigenvalue weighted by Crippen LogP contribution is 2.26. The number of methoxy groups -OCH3 is 1. The number of ether oxygens (including phenoxy) is 2. The first kappa shape index (κ1) is 24.9. The molecular formula is C28H32N6O3. The average Bonchev–Trinajstić information content (AvgIpc) is 3.33. The number of hydrogen-bond donors (Lipinski definition) is 1. The molecule has 0 radical (unpaired) electrons. The third-order valence-corrected chi connectivity index (χ3v) is 6.79. The zero-order chi connectivity index (χ0) is 25.6. The lowest BCUT2D eigenvalue weighted by atomic mass is 10.1. The minimum atomic E-state index is 0.0635. The molecule has 1 atom stereocenters. The molecule has 0 saturated carbocycles. The molecule has 1 aliphatic heterocycles. The van der Waals surface area contributed by atoms with Gasteiger partial charge in [0.15, 0.2) is 0 Å². The van der Waals surface area contributed by atoms with Crippen LogP contribution in [0.25, 0.3) is 22.2 Å². The predicted molar refractivity (Wildman–Crippen MR) is 141 cm³/mol. The van der Waals surface area contributed by atoms with E-state index in [0.29, 0.717) is 17.7 Å². The zero-order valence-electron chi connectivity index (χ0n) is 21.3. The number of benzene rings is 1. The van der Waals surface area contributed by atoms with Crippen molar-refractivity contribution in [2.45, 2.75) is 31.8 Å². The van der Waals surface area contributed by atoms with E-state index in [4.69, 9.17) is 14.5 Å². The molecule has 4 heterocycles. The Hall–Kier alpha value is -3.82. The van der Waals surface area contributed by atoms with Gasteiger partial charge in [0.1, 0.15) is 12.4 Å². The summed E-state index contributed by atoms with van der Waals surface area (Å²) in [6.45, 7) is 2.39. The summed E-state index contributed by atoms with van der Waals surface area (Å²) in [6, 6.07) is 16.0. The fourth-order valence-corrected chi connectivity index (χ4v) is 4.74. The van der Waals surface area contributed by atoms with Crippen LogP contribution in [-0.2, 0) is 16.1 Å². The minimum Gasteiger partial charge on any atom is -0.439 e. The van der Waals surface area contributed by atoms with Gasteiger partial charge in [-0.3, -0.25) is 19.8 Å². The number of nitrogens with one attached hydrogen (secondary N) is 1. The summed E-state index contributed by atoms with van der Waals surface area (Å²) >= 11 is 0. The minimum absolute atomic E-state index is 0.0635. The van der Waals surface area contributed by atoms with Gasteiger partial charge in [-0.15, -0.1) is 0 Å². The van der Waals surface area contributed by atoms with E-state index in [1.165, 1.54) is 0 Å². The molecule has 1 aromatic carbocycles. The quantitative estimate of drug-likeness (QED) is 0.386. The lowest BCUT2D eigenvalue weighted by molar-refractivity contribution is -0.135. The van der Waals surface area contributed by atoms with Gasteiger partial charge in [-0.25, -0.2) is 4.98 Å².